The number of rotatable bonds is 9. The van der Waals surface area contributed by atoms with E-state index < -0.39 is 17.7 Å². The Labute approximate surface area is 216 Å². The van der Waals surface area contributed by atoms with Crippen molar-refractivity contribution in [1.82, 2.24) is 14.5 Å². The normalized spacial score (nSPS) is 20.2. The van der Waals surface area contributed by atoms with Crippen molar-refractivity contribution in [2.75, 3.05) is 13.2 Å². The number of carbonyl (C=O) groups is 2. The van der Waals surface area contributed by atoms with Gasteiger partial charge in [0.15, 0.2) is 0 Å². The number of hydrogen-bond acceptors (Lipinski definition) is 6. The van der Waals surface area contributed by atoms with Gasteiger partial charge in [0, 0.05) is 37.5 Å². The van der Waals surface area contributed by atoms with Gasteiger partial charge in [0.05, 0.1) is 24.5 Å². The second-order valence-electron chi connectivity index (χ2n) is 9.52. The van der Waals surface area contributed by atoms with E-state index in [-0.39, 0.29) is 17.4 Å². The predicted molar refractivity (Wildman–Crippen MR) is 138 cm³/mol. The lowest BCUT2D eigenvalue weighted by Gasteiger charge is -2.26. The number of fused-ring (bicyclic) bond motifs is 1. The highest BCUT2D eigenvalue weighted by atomic mass is 16.5. The summed E-state index contributed by atoms with van der Waals surface area (Å²) in [5.74, 6) is -0.0404. The molecule has 37 heavy (non-hydrogen) atoms. The highest BCUT2D eigenvalue weighted by Gasteiger charge is 2.46. The van der Waals surface area contributed by atoms with E-state index in [0.29, 0.717) is 37.4 Å². The van der Waals surface area contributed by atoms with E-state index in [1.165, 1.54) is 0 Å². The summed E-state index contributed by atoms with van der Waals surface area (Å²) in [4.78, 5) is 32.3. The van der Waals surface area contributed by atoms with Crippen molar-refractivity contribution in [2.45, 2.75) is 51.8 Å². The maximum atomic E-state index is 13.4. The van der Waals surface area contributed by atoms with Crippen molar-refractivity contribution in [3.8, 4) is 11.5 Å². The van der Waals surface area contributed by atoms with E-state index in [0.717, 1.165) is 29.7 Å². The van der Waals surface area contributed by atoms with Gasteiger partial charge in [0.25, 0.3) is 11.7 Å². The molecule has 2 atom stereocenters. The van der Waals surface area contributed by atoms with Crippen LogP contribution in [0, 0.1) is 0 Å². The van der Waals surface area contributed by atoms with E-state index in [9.17, 15) is 14.7 Å². The van der Waals surface area contributed by atoms with Gasteiger partial charge >= 0.3 is 0 Å². The molecule has 2 unspecified atom stereocenters. The molecule has 2 aliphatic rings. The van der Waals surface area contributed by atoms with Crippen molar-refractivity contribution in [2.24, 2.45) is 0 Å². The number of aliphatic hydroxyl groups is 1. The minimum atomic E-state index is -0.726. The maximum Gasteiger partial charge on any atom is 0.295 e. The molecule has 5 rings (SSSR count). The van der Waals surface area contributed by atoms with Gasteiger partial charge in [-0.15, -0.1) is 0 Å². The molecule has 8 heteroatoms. The van der Waals surface area contributed by atoms with Gasteiger partial charge in [-0.1, -0.05) is 19.1 Å². The van der Waals surface area contributed by atoms with Crippen molar-refractivity contribution >= 4 is 17.4 Å². The molecular formula is C29H31N3O5. The third kappa shape index (κ3) is 4.96. The predicted octanol–water partition coefficient (Wildman–Crippen LogP) is 4.51. The molecule has 3 aromatic rings. The molecular weight excluding hydrogens is 470 g/mol. The topological polar surface area (TPSA) is 93.9 Å². The molecule has 3 heterocycles. The van der Waals surface area contributed by atoms with Crippen LogP contribution in [-0.4, -0.2) is 50.5 Å². The van der Waals surface area contributed by atoms with Gasteiger partial charge in [-0.25, -0.2) is 4.98 Å². The Hall–Kier alpha value is -4.07. The van der Waals surface area contributed by atoms with Crippen LogP contribution >= 0.6 is 0 Å². The average molecular weight is 502 g/mol. The molecule has 8 nitrogen and oxygen atoms in total. The Kier molecular flexibility index (Phi) is 6.99. The second-order valence-corrected chi connectivity index (χ2v) is 9.52. The zero-order valence-electron chi connectivity index (χ0n) is 21.1. The van der Waals surface area contributed by atoms with Gasteiger partial charge in [-0.2, -0.15) is 0 Å². The van der Waals surface area contributed by atoms with E-state index in [1.54, 1.807) is 23.5 Å². The first-order valence-electron chi connectivity index (χ1n) is 12.7. The fraction of sp³-hybridized carbons (Fsp3) is 0.345. The summed E-state index contributed by atoms with van der Waals surface area (Å²) in [7, 11) is 0. The minimum absolute atomic E-state index is 0.0549. The molecule has 1 N–H and O–H groups in total. The van der Waals surface area contributed by atoms with E-state index in [2.05, 4.69) is 4.98 Å². The van der Waals surface area contributed by atoms with Crippen LogP contribution in [0.15, 0.2) is 66.8 Å². The van der Waals surface area contributed by atoms with Crippen LogP contribution in [0.4, 0.5) is 0 Å². The number of aliphatic hydroxyl groups excluding tert-OH is 1. The number of nitrogens with zero attached hydrogens (tertiary/aromatic N) is 3. The largest absolute Gasteiger partial charge is 0.507 e. The SMILES string of the molecule is CCCOc1cccc(C2/C(=C(\O)c3ccc4c(c3)CC(C)O4)C(=O)C(=O)N2CCCn2ccnc2)c1. The van der Waals surface area contributed by atoms with Crippen LogP contribution in [0.2, 0.25) is 0 Å². The molecule has 1 fully saturated rings. The van der Waals surface area contributed by atoms with Crippen LogP contribution in [0.5, 0.6) is 11.5 Å². The first-order chi connectivity index (χ1) is 18.0. The number of imidazole rings is 1. The van der Waals surface area contributed by atoms with E-state index in [1.807, 2.05) is 61.0 Å². The molecule has 0 bridgehead atoms. The fourth-order valence-corrected chi connectivity index (χ4v) is 5.02. The van der Waals surface area contributed by atoms with Crippen LogP contribution < -0.4 is 9.47 Å². The number of likely N-dealkylation sites (tertiary alicyclic amines) is 1. The molecule has 0 radical (unpaired) electrons. The molecule has 192 valence electrons. The Bertz CT molecular complexity index is 1330. The lowest BCUT2D eigenvalue weighted by Crippen LogP contribution is -2.31. The monoisotopic (exact) mass is 501 g/mol. The number of carbonyl (C=O) groups excluding carboxylic acids is 2. The standard InChI is InChI=1S/C29H31N3O5/c1-3-14-36-23-7-4-6-20(17-23)26-25(27(33)21-8-9-24-22(16-21)15-19(2)37-24)28(34)29(35)32(26)12-5-11-31-13-10-30-18-31/h4,6-10,13,16-19,26,33H,3,5,11-12,14-15H2,1-2H3/b27-25+. The summed E-state index contributed by atoms with van der Waals surface area (Å²) in [5.41, 5.74) is 2.27. The fourth-order valence-electron chi connectivity index (χ4n) is 5.02. The molecule has 2 aliphatic heterocycles. The smallest absolute Gasteiger partial charge is 0.295 e. The van der Waals surface area contributed by atoms with Crippen LogP contribution in [0.3, 0.4) is 0 Å². The first kappa shape index (κ1) is 24.6. The Morgan fingerprint density at radius 2 is 2.05 bits per heavy atom. The number of aryl methyl sites for hydroxylation is 1. The van der Waals surface area contributed by atoms with Crippen molar-refractivity contribution in [3.05, 3.63) is 83.4 Å². The summed E-state index contributed by atoms with van der Waals surface area (Å²) in [6, 6.07) is 12.1. The van der Waals surface area contributed by atoms with Gasteiger partial charge in [-0.3, -0.25) is 9.59 Å². The maximum absolute atomic E-state index is 13.4. The lowest BCUT2D eigenvalue weighted by atomic mass is 9.94. The Balaban J connectivity index is 1.53. The molecule has 2 aromatic carbocycles. The summed E-state index contributed by atoms with van der Waals surface area (Å²) in [6.07, 6.45) is 7.55. The van der Waals surface area contributed by atoms with E-state index in [4.69, 9.17) is 9.47 Å². The van der Waals surface area contributed by atoms with Gasteiger partial charge in [0.2, 0.25) is 0 Å². The van der Waals surface area contributed by atoms with Crippen LogP contribution in [0.1, 0.15) is 49.4 Å². The minimum Gasteiger partial charge on any atom is -0.507 e. The van der Waals surface area contributed by atoms with Crippen LogP contribution in [0.25, 0.3) is 5.76 Å². The van der Waals surface area contributed by atoms with E-state index >= 15 is 0 Å². The third-order valence-electron chi connectivity index (χ3n) is 6.73. The molecule has 1 amide bonds. The highest BCUT2D eigenvalue weighted by Crippen LogP contribution is 2.41. The summed E-state index contributed by atoms with van der Waals surface area (Å²) in [6.45, 7) is 5.58. The number of Topliss-reactive ketones (excluding diaryl/α,β-unsaturated/α-hetero) is 1. The molecule has 1 saturated heterocycles. The van der Waals surface area contributed by atoms with Gasteiger partial charge < -0.3 is 24.0 Å². The van der Waals surface area contributed by atoms with Crippen LogP contribution in [-0.2, 0) is 22.6 Å². The molecule has 0 spiro atoms. The van der Waals surface area contributed by atoms with Gasteiger partial charge in [-0.05, 0) is 61.2 Å². The molecule has 0 saturated carbocycles. The van der Waals surface area contributed by atoms with Crippen molar-refractivity contribution < 1.29 is 24.2 Å². The number of hydrogen-bond donors (Lipinski definition) is 1. The molecule has 1 aromatic heterocycles. The molecule has 0 aliphatic carbocycles. The second kappa shape index (κ2) is 10.5. The summed E-state index contributed by atoms with van der Waals surface area (Å²) < 4.78 is 13.5. The van der Waals surface area contributed by atoms with Gasteiger partial charge in [0.1, 0.15) is 23.4 Å². The third-order valence-corrected chi connectivity index (χ3v) is 6.73. The lowest BCUT2D eigenvalue weighted by molar-refractivity contribution is -0.139. The number of aromatic nitrogens is 2. The number of ketones is 1. The highest BCUT2D eigenvalue weighted by molar-refractivity contribution is 6.46. The quantitative estimate of drug-likeness (QED) is 0.264. The number of amides is 1. The van der Waals surface area contributed by atoms with Crippen molar-refractivity contribution in [3.63, 3.8) is 0 Å². The average Bonchev–Trinajstić information content (AvgIpc) is 3.61. The number of ether oxygens (including phenoxy) is 2. The summed E-state index contributed by atoms with van der Waals surface area (Å²) >= 11 is 0. The first-order valence-corrected chi connectivity index (χ1v) is 12.7. The zero-order valence-corrected chi connectivity index (χ0v) is 21.1. The zero-order chi connectivity index (χ0) is 25.9. The number of benzene rings is 2. The van der Waals surface area contributed by atoms with Crippen molar-refractivity contribution in [1.29, 1.82) is 0 Å². The summed E-state index contributed by atoms with van der Waals surface area (Å²) in [5, 5.41) is 11.4. The Morgan fingerprint density at radius 3 is 2.84 bits per heavy atom. The Morgan fingerprint density at radius 1 is 1.19 bits per heavy atom.